The molecule has 0 aliphatic heterocycles. The lowest BCUT2D eigenvalue weighted by molar-refractivity contribution is 0.104. The van der Waals surface area contributed by atoms with Gasteiger partial charge in [0.05, 0.1) is 11.7 Å². The van der Waals surface area contributed by atoms with Crippen LogP contribution in [0.25, 0.3) is 0 Å². The molecule has 0 spiro atoms. The first-order valence-electron chi connectivity index (χ1n) is 4.96. The maximum Gasteiger partial charge on any atom is 0.0850 e. The molecule has 5 heteroatoms. The van der Waals surface area contributed by atoms with Crippen molar-refractivity contribution in [1.29, 1.82) is 0 Å². The molecule has 78 valence electrons. The number of aliphatic hydroxyl groups excluding tert-OH is 2. The van der Waals surface area contributed by atoms with Gasteiger partial charge < -0.3 is 10.2 Å². The van der Waals surface area contributed by atoms with Crippen molar-refractivity contribution in [3.05, 3.63) is 11.9 Å². The molecule has 0 unspecified atom stereocenters. The van der Waals surface area contributed by atoms with E-state index in [1.165, 1.54) is 0 Å². The van der Waals surface area contributed by atoms with Gasteiger partial charge in [-0.1, -0.05) is 5.21 Å². The van der Waals surface area contributed by atoms with E-state index in [1.807, 2.05) is 10.9 Å². The van der Waals surface area contributed by atoms with Crippen LogP contribution in [0.15, 0.2) is 6.20 Å². The first kappa shape index (κ1) is 9.61. The fourth-order valence-electron chi connectivity index (χ4n) is 1.79. The summed E-state index contributed by atoms with van der Waals surface area (Å²) >= 11 is 0. The molecule has 0 aromatic carbocycles. The highest BCUT2D eigenvalue weighted by Gasteiger charge is 2.30. The highest BCUT2D eigenvalue weighted by molar-refractivity contribution is 4.95. The molecule has 0 atom stereocenters. The van der Waals surface area contributed by atoms with Crippen LogP contribution < -0.4 is 0 Å². The van der Waals surface area contributed by atoms with Crippen molar-refractivity contribution in [3.63, 3.8) is 0 Å². The van der Waals surface area contributed by atoms with Crippen LogP contribution in [-0.4, -0.2) is 38.4 Å². The van der Waals surface area contributed by atoms with E-state index in [9.17, 15) is 0 Å². The highest BCUT2D eigenvalue weighted by atomic mass is 16.3. The van der Waals surface area contributed by atoms with E-state index >= 15 is 0 Å². The van der Waals surface area contributed by atoms with Crippen LogP contribution >= 0.6 is 0 Å². The van der Waals surface area contributed by atoms with E-state index in [-0.39, 0.29) is 13.2 Å². The molecule has 1 aromatic rings. The summed E-state index contributed by atoms with van der Waals surface area (Å²) in [5.74, 6) is 0.436. The monoisotopic (exact) mass is 197 g/mol. The largest absolute Gasteiger partial charge is 0.396 e. The standard InChI is InChI=1S/C9H15N3O2/c13-2-1-8-5-12(11-10-8)9-3-7(4-9)6-14/h5,7,9,13-14H,1-4,6H2. The SMILES string of the molecule is OCCc1cn(C2CC(CO)C2)nn1. The molecule has 0 radical (unpaired) electrons. The molecular formula is C9H15N3O2. The molecule has 1 aliphatic rings. The van der Waals surface area contributed by atoms with Gasteiger partial charge in [0.15, 0.2) is 0 Å². The summed E-state index contributed by atoms with van der Waals surface area (Å²) in [7, 11) is 0. The molecule has 5 nitrogen and oxygen atoms in total. The van der Waals surface area contributed by atoms with Crippen LogP contribution in [0.2, 0.25) is 0 Å². The second-order valence-electron chi connectivity index (χ2n) is 3.84. The fraction of sp³-hybridized carbons (Fsp3) is 0.778. The molecule has 1 aliphatic carbocycles. The number of hydrogen-bond donors (Lipinski definition) is 2. The summed E-state index contributed by atoms with van der Waals surface area (Å²) in [6.45, 7) is 0.386. The molecule has 1 saturated carbocycles. The van der Waals surface area contributed by atoms with E-state index in [1.54, 1.807) is 0 Å². The van der Waals surface area contributed by atoms with Crippen molar-refractivity contribution in [1.82, 2.24) is 15.0 Å². The van der Waals surface area contributed by atoms with Crippen molar-refractivity contribution < 1.29 is 10.2 Å². The predicted octanol–water partition coefficient (Wildman–Crippen LogP) is -0.244. The second kappa shape index (κ2) is 4.06. The van der Waals surface area contributed by atoms with Crippen LogP contribution in [-0.2, 0) is 6.42 Å². The molecule has 0 bridgehead atoms. The Labute approximate surface area is 82.4 Å². The first-order chi connectivity index (χ1) is 6.83. The maximum absolute atomic E-state index is 8.86. The van der Waals surface area contributed by atoms with Crippen molar-refractivity contribution in [2.45, 2.75) is 25.3 Å². The lowest BCUT2D eigenvalue weighted by Gasteiger charge is -2.33. The maximum atomic E-state index is 8.86. The Morgan fingerprint density at radius 2 is 2.21 bits per heavy atom. The summed E-state index contributed by atoms with van der Waals surface area (Å²) in [4.78, 5) is 0. The minimum absolute atomic E-state index is 0.114. The van der Waals surface area contributed by atoms with Gasteiger partial charge in [-0.3, -0.25) is 0 Å². The molecular weight excluding hydrogens is 182 g/mol. The van der Waals surface area contributed by atoms with Crippen molar-refractivity contribution in [2.75, 3.05) is 13.2 Å². The number of aromatic nitrogens is 3. The summed E-state index contributed by atoms with van der Waals surface area (Å²) in [5, 5.41) is 25.5. The van der Waals surface area contributed by atoms with Gasteiger partial charge in [-0.2, -0.15) is 0 Å². The van der Waals surface area contributed by atoms with Crippen molar-refractivity contribution in [2.24, 2.45) is 5.92 Å². The van der Waals surface area contributed by atoms with Crippen molar-refractivity contribution >= 4 is 0 Å². The molecule has 0 saturated heterocycles. The molecule has 1 fully saturated rings. The van der Waals surface area contributed by atoms with E-state index in [2.05, 4.69) is 10.3 Å². The third kappa shape index (κ3) is 1.78. The zero-order chi connectivity index (χ0) is 9.97. The lowest BCUT2D eigenvalue weighted by atomic mass is 9.81. The van der Waals surface area contributed by atoms with Crippen LogP contribution in [0.3, 0.4) is 0 Å². The van der Waals surface area contributed by atoms with Crippen LogP contribution in [0.5, 0.6) is 0 Å². The smallest absolute Gasteiger partial charge is 0.0850 e. The van der Waals surface area contributed by atoms with E-state index in [4.69, 9.17) is 10.2 Å². The first-order valence-corrected chi connectivity index (χ1v) is 4.96. The average molecular weight is 197 g/mol. The lowest BCUT2D eigenvalue weighted by Crippen LogP contribution is -2.29. The Morgan fingerprint density at radius 3 is 2.86 bits per heavy atom. The zero-order valence-corrected chi connectivity index (χ0v) is 8.00. The molecule has 0 amide bonds. The summed E-state index contributed by atoms with van der Waals surface area (Å²) in [6.07, 6.45) is 4.42. The average Bonchev–Trinajstić information content (AvgIpc) is 2.52. The minimum atomic E-state index is 0.114. The van der Waals surface area contributed by atoms with E-state index in [0.717, 1.165) is 18.5 Å². The number of hydrogen-bond acceptors (Lipinski definition) is 4. The van der Waals surface area contributed by atoms with Gasteiger partial charge in [0.25, 0.3) is 0 Å². The Morgan fingerprint density at radius 1 is 1.43 bits per heavy atom. The van der Waals surface area contributed by atoms with Crippen LogP contribution in [0.1, 0.15) is 24.6 Å². The van der Waals surface area contributed by atoms with Gasteiger partial charge in [0.2, 0.25) is 0 Å². The van der Waals surface area contributed by atoms with E-state index < -0.39 is 0 Å². The quantitative estimate of drug-likeness (QED) is 0.698. The van der Waals surface area contributed by atoms with Gasteiger partial charge in [-0.25, -0.2) is 4.68 Å². The van der Waals surface area contributed by atoms with Gasteiger partial charge in [-0.15, -0.1) is 5.10 Å². The number of rotatable bonds is 4. The van der Waals surface area contributed by atoms with Crippen molar-refractivity contribution in [3.8, 4) is 0 Å². The summed E-state index contributed by atoms with van der Waals surface area (Å²) in [5.41, 5.74) is 0.833. The summed E-state index contributed by atoms with van der Waals surface area (Å²) < 4.78 is 1.84. The van der Waals surface area contributed by atoms with E-state index in [0.29, 0.717) is 18.4 Å². The summed E-state index contributed by atoms with van der Waals surface area (Å²) in [6, 6.07) is 0.395. The molecule has 2 N–H and O–H groups in total. The van der Waals surface area contributed by atoms with Crippen LogP contribution in [0.4, 0.5) is 0 Å². The Bertz CT molecular complexity index is 294. The molecule has 1 heterocycles. The number of aliphatic hydroxyl groups is 2. The third-order valence-corrected chi connectivity index (χ3v) is 2.77. The molecule has 14 heavy (non-hydrogen) atoms. The highest BCUT2D eigenvalue weighted by Crippen LogP contribution is 2.36. The topological polar surface area (TPSA) is 71.2 Å². The minimum Gasteiger partial charge on any atom is -0.396 e. The van der Waals surface area contributed by atoms with Gasteiger partial charge >= 0.3 is 0 Å². The Balaban J connectivity index is 1.91. The predicted molar refractivity (Wildman–Crippen MR) is 49.7 cm³/mol. The molecule has 2 rings (SSSR count). The van der Waals surface area contributed by atoms with Gasteiger partial charge in [0.1, 0.15) is 0 Å². The van der Waals surface area contributed by atoms with Gasteiger partial charge in [-0.05, 0) is 18.8 Å². The molecule has 1 aromatic heterocycles. The fourth-order valence-corrected chi connectivity index (χ4v) is 1.79. The van der Waals surface area contributed by atoms with Gasteiger partial charge in [0, 0.05) is 25.8 Å². The van der Waals surface area contributed by atoms with Crippen LogP contribution in [0, 0.1) is 5.92 Å². The third-order valence-electron chi connectivity index (χ3n) is 2.77. The second-order valence-corrected chi connectivity index (χ2v) is 3.84. The Hall–Kier alpha value is -0.940. The number of nitrogens with zero attached hydrogens (tertiary/aromatic N) is 3. The normalized spacial score (nSPS) is 26.1. The Kier molecular flexibility index (Phi) is 2.79. The zero-order valence-electron chi connectivity index (χ0n) is 8.00.